The highest BCUT2D eigenvalue weighted by atomic mass is 16.5. The average molecular weight is 153 g/mol. The van der Waals surface area contributed by atoms with Gasteiger partial charge in [-0.15, -0.1) is 5.26 Å². The second kappa shape index (κ2) is 4.51. The van der Waals surface area contributed by atoms with Gasteiger partial charge in [-0.2, -0.15) is 0 Å². The van der Waals surface area contributed by atoms with Gasteiger partial charge in [0.15, 0.2) is 0 Å². The highest BCUT2D eigenvalue weighted by Crippen LogP contribution is 2.09. The van der Waals surface area contributed by atoms with Crippen molar-refractivity contribution in [2.75, 3.05) is 0 Å². The van der Waals surface area contributed by atoms with Gasteiger partial charge in [0.1, 0.15) is 0 Å². The lowest BCUT2D eigenvalue weighted by Gasteiger charge is -2.03. The lowest BCUT2D eigenvalue weighted by Crippen LogP contribution is -2.05. The Bertz CT molecular complexity index is 201. The molecule has 0 saturated heterocycles. The average Bonchev–Trinajstić information content (AvgIpc) is 1.86. The molecule has 0 spiro atoms. The predicted molar refractivity (Wildman–Crippen MR) is 40.3 cm³/mol. The fourth-order valence-corrected chi connectivity index (χ4v) is 0.690. The van der Waals surface area contributed by atoms with Crippen LogP contribution in [0.4, 0.5) is 0 Å². The Morgan fingerprint density at radius 1 is 1.73 bits per heavy atom. The van der Waals surface area contributed by atoms with E-state index in [1.165, 1.54) is 6.26 Å². The lowest BCUT2D eigenvalue weighted by atomic mass is 10.1. The number of nitriles is 1. The first-order chi connectivity index (χ1) is 5.07. The van der Waals surface area contributed by atoms with E-state index in [0.29, 0.717) is 17.9 Å². The molecule has 11 heavy (non-hydrogen) atoms. The first-order valence-corrected chi connectivity index (χ1v) is 3.36. The van der Waals surface area contributed by atoms with Crippen molar-refractivity contribution in [2.24, 2.45) is 5.92 Å². The SMILES string of the molecule is C=C(CC(C)C)C(=O)OC#N. The summed E-state index contributed by atoms with van der Waals surface area (Å²) in [6.45, 7) is 7.41. The van der Waals surface area contributed by atoms with Gasteiger partial charge in [-0.25, -0.2) is 4.79 Å². The van der Waals surface area contributed by atoms with E-state index in [9.17, 15) is 4.79 Å². The standard InChI is InChI=1S/C8H11NO2/c1-6(2)4-7(3)8(10)11-5-9/h6H,3-4H2,1-2H3. The van der Waals surface area contributed by atoms with Crippen LogP contribution in [-0.2, 0) is 9.53 Å². The van der Waals surface area contributed by atoms with Gasteiger partial charge in [-0.1, -0.05) is 20.4 Å². The highest BCUT2D eigenvalue weighted by Gasteiger charge is 2.09. The van der Waals surface area contributed by atoms with Gasteiger partial charge in [0.05, 0.1) is 0 Å². The molecule has 0 aliphatic rings. The summed E-state index contributed by atoms with van der Waals surface area (Å²) >= 11 is 0. The Labute approximate surface area is 66.3 Å². The first-order valence-electron chi connectivity index (χ1n) is 3.36. The van der Waals surface area contributed by atoms with E-state index in [2.05, 4.69) is 11.3 Å². The van der Waals surface area contributed by atoms with Crippen LogP contribution in [0.25, 0.3) is 0 Å². The molecule has 0 aliphatic heterocycles. The van der Waals surface area contributed by atoms with E-state index in [0.717, 1.165) is 0 Å². The molecule has 0 atom stereocenters. The molecule has 0 saturated carbocycles. The van der Waals surface area contributed by atoms with Crippen molar-refractivity contribution in [1.82, 2.24) is 0 Å². The molecule has 0 rings (SSSR count). The normalized spacial score (nSPS) is 8.91. The van der Waals surface area contributed by atoms with Crippen molar-refractivity contribution in [1.29, 1.82) is 5.26 Å². The van der Waals surface area contributed by atoms with Crippen molar-refractivity contribution in [3.8, 4) is 6.26 Å². The van der Waals surface area contributed by atoms with Crippen molar-refractivity contribution < 1.29 is 9.53 Å². The van der Waals surface area contributed by atoms with Crippen LogP contribution < -0.4 is 0 Å². The zero-order valence-corrected chi connectivity index (χ0v) is 6.76. The van der Waals surface area contributed by atoms with Crippen molar-refractivity contribution in [3.63, 3.8) is 0 Å². The Hall–Kier alpha value is -1.30. The number of esters is 1. The van der Waals surface area contributed by atoms with E-state index in [4.69, 9.17) is 5.26 Å². The van der Waals surface area contributed by atoms with Crippen molar-refractivity contribution in [3.05, 3.63) is 12.2 Å². The van der Waals surface area contributed by atoms with Crippen LogP contribution in [0.1, 0.15) is 20.3 Å². The van der Waals surface area contributed by atoms with Gasteiger partial charge in [0, 0.05) is 5.57 Å². The van der Waals surface area contributed by atoms with Gasteiger partial charge in [-0.05, 0) is 12.3 Å². The molecule has 0 N–H and O–H groups in total. The number of rotatable bonds is 3. The largest absolute Gasteiger partial charge is 0.348 e. The maximum absolute atomic E-state index is 10.7. The quantitative estimate of drug-likeness (QED) is 0.351. The van der Waals surface area contributed by atoms with Crippen LogP contribution >= 0.6 is 0 Å². The Morgan fingerprint density at radius 2 is 2.27 bits per heavy atom. The number of hydrogen-bond donors (Lipinski definition) is 0. The maximum Gasteiger partial charge on any atom is 0.348 e. The van der Waals surface area contributed by atoms with Gasteiger partial charge < -0.3 is 4.74 Å². The number of carbonyl (C=O) groups is 1. The summed E-state index contributed by atoms with van der Waals surface area (Å²) in [4.78, 5) is 10.7. The maximum atomic E-state index is 10.7. The number of hydrogen-bond acceptors (Lipinski definition) is 3. The monoisotopic (exact) mass is 153 g/mol. The fraction of sp³-hybridized carbons (Fsp3) is 0.500. The minimum Gasteiger partial charge on any atom is -0.347 e. The van der Waals surface area contributed by atoms with E-state index in [1.807, 2.05) is 13.8 Å². The van der Waals surface area contributed by atoms with Crippen LogP contribution in [0.2, 0.25) is 0 Å². The molecule has 3 nitrogen and oxygen atoms in total. The Kier molecular flexibility index (Phi) is 3.97. The lowest BCUT2D eigenvalue weighted by molar-refractivity contribution is -0.132. The summed E-state index contributed by atoms with van der Waals surface area (Å²) in [6.07, 6.45) is 1.88. The minimum atomic E-state index is -0.624. The van der Waals surface area contributed by atoms with Crippen LogP contribution in [-0.4, -0.2) is 5.97 Å². The fourth-order valence-electron chi connectivity index (χ4n) is 0.690. The van der Waals surface area contributed by atoms with Gasteiger partial charge in [-0.3, -0.25) is 0 Å². The van der Waals surface area contributed by atoms with E-state index in [1.54, 1.807) is 0 Å². The third-order valence-electron chi connectivity index (χ3n) is 1.08. The zero-order valence-electron chi connectivity index (χ0n) is 6.76. The Morgan fingerprint density at radius 3 is 2.64 bits per heavy atom. The molecule has 0 fully saturated rings. The van der Waals surface area contributed by atoms with Gasteiger partial charge >= 0.3 is 5.97 Å². The van der Waals surface area contributed by atoms with E-state index < -0.39 is 5.97 Å². The second-order valence-electron chi connectivity index (χ2n) is 2.68. The van der Waals surface area contributed by atoms with Crippen molar-refractivity contribution >= 4 is 5.97 Å². The van der Waals surface area contributed by atoms with E-state index >= 15 is 0 Å². The van der Waals surface area contributed by atoms with Gasteiger partial charge in [0.25, 0.3) is 6.26 Å². The summed E-state index contributed by atoms with van der Waals surface area (Å²) in [5.74, 6) is -0.269. The van der Waals surface area contributed by atoms with Crippen molar-refractivity contribution in [2.45, 2.75) is 20.3 Å². The molecule has 0 radical (unpaired) electrons. The molecular formula is C8H11NO2. The molecule has 60 valence electrons. The number of ether oxygens (including phenoxy) is 1. The third-order valence-corrected chi connectivity index (χ3v) is 1.08. The topological polar surface area (TPSA) is 50.1 Å². The zero-order chi connectivity index (χ0) is 8.85. The summed E-state index contributed by atoms with van der Waals surface area (Å²) in [6, 6.07) is 0. The number of carbonyl (C=O) groups excluding carboxylic acids is 1. The first kappa shape index (κ1) is 9.70. The molecule has 0 aromatic carbocycles. The molecule has 0 aromatic heterocycles. The molecule has 0 heterocycles. The molecule has 3 heteroatoms. The molecule has 0 amide bonds. The van der Waals surface area contributed by atoms with Crippen LogP contribution in [0.3, 0.4) is 0 Å². The van der Waals surface area contributed by atoms with E-state index in [-0.39, 0.29) is 0 Å². The minimum absolute atomic E-state index is 0.349. The third kappa shape index (κ3) is 4.15. The summed E-state index contributed by atoms with van der Waals surface area (Å²) in [5, 5.41) is 7.99. The van der Waals surface area contributed by atoms with Crippen LogP contribution in [0.15, 0.2) is 12.2 Å². The second-order valence-corrected chi connectivity index (χ2v) is 2.68. The highest BCUT2D eigenvalue weighted by molar-refractivity contribution is 5.88. The molecular weight excluding hydrogens is 142 g/mol. The van der Waals surface area contributed by atoms with Gasteiger partial charge in [0.2, 0.25) is 0 Å². The molecule has 0 aromatic rings. The smallest absolute Gasteiger partial charge is 0.347 e. The van der Waals surface area contributed by atoms with Crippen LogP contribution in [0, 0.1) is 17.4 Å². The Balaban J connectivity index is 3.86. The molecule has 0 bridgehead atoms. The predicted octanol–water partition coefficient (Wildman–Crippen LogP) is 1.61. The summed E-state index contributed by atoms with van der Waals surface area (Å²) in [7, 11) is 0. The molecule has 0 unspecified atom stereocenters. The summed E-state index contributed by atoms with van der Waals surface area (Å²) < 4.78 is 4.07. The number of nitrogens with zero attached hydrogens (tertiary/aromatic N) is 1. The summed E-state index contributed by atoms with van der Waals surface area (Å²) in [5.41, 5.74) is 0.349. The molecule has 0 aliphatic carbocycles. The van der Waals surface area contributed by atoms with Crippen LogP contribution in [0.5, 0.6) is 0 Å².